The largest absolute Gasteiger partial charge is 0.497 e. The van der Waals surface area contributed by atoms with Crippen molar-refractivity contribution in [3.8, 4) is 5.75 Å². The summed E-state index contributed by atoms with van der Waals surface area (Å²) < 4.78 is 5.04. The van der Waals surface area contributed by atoms with Gasteiger partial charge in [0, 0.05) is 11.3 Å². The van der Waals surface area contributed by atoms with Crippen molar-refractivity contribution in [3.05, 3.63) is 60.2 Å². The highest BCUT2D eigenvalue weighted by Crippen LogP contribution is 2.15. The van der Waals surface area contributed by atoms with Crippen molar-refractivity contribution < 1.29 is 14.7 Å². The van der Waals surface area contributed by atoms with Crippen LogP contribution in [0, 0.1) is 0 Å². The highest BCUT2D eigenvalue weighted by Gasteiger charge is 2.14. The molecule has 102 valence electrons. The summed E-state index contributed by atoms with van der Waals surface area (Å²) in [5.41, 5.74) is 1.09. The zero-order valence-corrected chi connectivity index (χ0v) is 10.9. The van der Waals surface area contributed by atoms with Crippen LogP contribution in [-0.4, -0.2) is 23.9 Å². The maximum atomic E-state index is 12.1. The fraction of sp³-hybridized carbons (Fsp3) is 0.0667. The second-order valence-corrected chi connectivity index (χ2v) is 4.00. The molecule has 0 aliphatic rings. The van der Waals surface area contributed by atoms with Gasteiger partial charge in [-0.15, -0.1) is 0 Å². The van der Waals surface area contributed by atoms with Gasteiger partial charge in [-0.1, -0.05) is 35.5 Å². The molecule has 0 spiro atoms. The van der Waals surface area contributed by atoms with E-state index < -0.39 is 5.91 Å². The Kier molecular flexibility index (Phi) is 4.34. The van der Waals surface area contributed by atoms with Gasteiger partial charge < -0.3 is 15.3 Å². The molecule has 0 unspecified atom stereocenters. The smallest absolute Gasteiger partial charge is 0.278 e. The Morgan fingerprint density at radius 3 is 2.30 bits per heavy atom. The number of carbonyl (C=O) groups is 1. The first-order valence-corrected chi connectivity index (χ1v) is 5.97. The normalized spacial score (nSPS) is 10.9. The van der Waals surface area contributed by atoms with Gasteiger partial charge in [-0.2, -0.15) is 0 Å². The van der Waals surface area contributed by atoms with Crippen LogP contribution in [0.25, 0.3) is 0 Å². The molecule has 0 heterocycles. The van der Waals surface area contributed by atoms with Crippen molar-refractivity contribution in [2.45, 2.75) is 0 Å². The maximum absolute atomic E-state index is 12.1. The van der Waals surface area contributed by atoms with Gasteiger partial charge in [0.1, 0.15) is 5.75 Å². The van der Waals surface area contributed by atoms with Crippen LogP contribution in [-0.2, 0) is 4.79 Å². The lowest BCUT2D eigenvalue weighted by atomic mass is 10.1. The van der Waals surface area contributed by atoms with E-state index in [2.05, 4.69) is 10.5 Å². The molecule has 5 nitrogen and oxygen atoms in total. The van der Waals surface area contributed by atoms with Gasteiger partial charge in [0.25, 0.3) is 5.91 Å². The topological polar surface area (TPSA) is 70.9 Å². The molecule has 1 amide bonds. The molecule has 0 radical (unpaired) electrons. The van der Waals surface area contributed by atoms with E-state index in [1.807, 2.05) is 6.07 Å². The standard InChI is InChI=1S/C15H14N2O3/c1-20-13-9-7-12(8-10-13)16-15(18)14(17-19)11-5-3-2-4-6-11/h2-10,19H,1H3,(H,16,18)/b17-14-. The summed E-state index contributed by atoms with van der Waals surface area (Å²) in [5, 5.41) is 14.7. The molecule has 2 aromatic carbocycles. The third kappa shape index (κ3) is 3.14. The molecule has 2 N–H and O–H groups in total. The molecule has 0 aliphatic carbocycles. The first-order valence-electron chi connectivity index (χ1n) is 5.97. The Bertz CT molecular complexity index is 607. The van der Waals surface area contributed by atoms with Crippen LogP contribution in [0.1, 0.15) is 5.56 Å². The number of hydrogen-bond donors (Lipinski definition) is 2. The van der Waals surface area contributed by atoms with Gasteiger partial charge in [0.05, 0.1) is 7.11 Å². The van der Waals surface area contributed by atoms with Crippen molar-refractivity contribution in [3.63, 3.8) is 0 Å². The van der Waals surface area contributed by atoms with Gasteiger partial charge in [-0.05, 0) is 24.3 Å². The van der Waals surface area contributed by atoms with Crippen molar-refractivity contribution in [1.29, 1.82) is 0 Å². The molecule has 0 aromatic heterocycles. The van der Waals surface area contributed by atoms with E-state index >= 15 is 0 Å². The first kappa shape index (κ1) is 13.6. The minimum atomic E-state index is -0.483. The number of rotatable bonds is 4. The van der Waals surface area contributed by atoms with E-state index in [1.54, 1.807) is 55.6 Å². The lowest BCUT2D eigenvalue weighted by Crippen LogP contribution is -2.23. The SMILES string of the molecule is COc1ccc(NC(=O)/C(=N\O)c2ccccc2)cc1. The monoisotopic (exact) mass is 270 g/mol. The van der Waals surface area contributed by atoms with Crippen LogP contribution < -0.4 is 10.1 Å². The minimum Gasteiger partial charge on any atom is -0.497 e. The van der Waals surface area contributed by atoms with E-state index in [1.165, 1.54) is 0 Å². The molecule has 0 atom stereocenters. The van der Waals surface area contributed by atoms with Crippen LogP contribution >= 0.6 is 0 Å². The van der Waals surface area contributed by atoms with Crippen molar-refractivity contribution in [2.75, 3.05) is 12.4 Å². The predicted molar refractivity (Wildman–Crippen MR) is 76.4 cm³/mol. The number of ether oxygens (including phenoxy) is 1. The van der Waals surface area contributed by atoms with Gasteiger partial charge in [-0.3, -0.25) is 4.79 Å². The highest BCUT2D eigenvalue weighted by atomic mass is 16.5. The number of nitrogens with zero attached hydrogens (tertiary/aromatic N) is 1. The summed E-state index contributed by atoms with van der Waals surface area (Å²) in [5.74, 6) is 0.214. The van der Waals surface area contributed by atoms with Crippen LogP contribution in [0.2, 0.25) is 0 Å². The van der Waals surface area contributed by atoms with E-state index in [0.717, 1.165) is 0 Å². The van der Waals surface area contributed by atoms with Crippen molar-refractivity contribution >= 4 is 17.3 Å². The van der Waals surface area contributed by atoms with Crippen LogP contribution in [0.15, 0.2) is 59.8 Å². The van der Waals surface area contributed by atoms with Gasteiger partial charge in [-0.25, -0.2) is 0 Å². The highest BCUT2D eigenvalue weighted by molar-refractivity contribution is 6.48. The number of hydrogen-bond acceptors (Lipinski definition) is 4. The molecule has 2 rings (SSSR count). The van der Waals surface area contributed by atoms with Crippen LogP contribution in [0.4, 0.5) is 5.69 Å². The number of nitrogens with one attached hydrogen (secondary N) is 1. The Morgan fingerprint density at radius 2 is 1.75 bits per heavy atom. The third-order valence-electron chi connectivity index (χ3n) is 2.71. The maximum Gasteiger partial charge on any atom is 0.278 e. The number of benzene rings is 2. The third-order valence-corrected chi connectivity index (χ3v) is 2.71. The van der Waals surface area contributed by atoms with Crippen LogP contribution in [0.3, 0.4) is 0 Å². The Hall–Kier alpha value is -2.82. The Morgan fingerprint density at radius 1 is 1.10 bits per heavy atom. The second-order valence-electron chi connectivity index (χ2n) is 4.00. The lowest BCUT2D eigenvalue weighted by Gasteiger charge is -2.07. The van der Waals surface area contributed by atoms with Gasteiger partial charge in [0.2, 0.25) is 0 Å². The van der Waals surface area contributed by atoms with E-state index in [-0.39, 0.29) is 5.71 Å². The zero-order valence-electron chi connectivity index (χ0n) is 10.9. The number of oxime groups is 1. The Labute approximate surface area is 116 Å². The van der Waals surface area contributed by atoms with Crippen molar-refractivity contribution in [1.82, 2.24) is 0 Å². The van der Waals surface area contributed by atoms with Gasteiger partial charge in [0.15, 0.2) is 5.71 Å². The molecule has 2 aromatic rings. The predicted octanol–water partition coefficient (Wildman–Crippen LogP) is 2.51. The first-order chi connectivity index (χ1) is 9.74. The van der Waals surface area contributed by atoms with E-state index in [9.17, 15) is 4.79 Å². The summed E-state index contributed by atoms with van der Waals surface area (Å²) in [4.78, 5) is 12.1. The molecule has 20 heavy (non-hydrogen) atoms. The Balaban J connectivity index is 2.14. The summed E-state index contributed by atoms with van der Waals surface area (Å²) in [6, 6.07) is 15.6. The van der Waals surface area contributed by atoms with E-state index in [0.29, 0.717) is 17.0 Å². The number of methoxy groups -OCH3 is 1. The average molecular weight is 270 g/mol. The fourth-order valence-electron chi connectivity index (χ4n) is 1.69. The molecule has 0 bridgehead atoms. The average Bonchev–Trinajstić information content (AvgIpc) is 2.50. The quantitative estimate of drug-likeness (QED) is 0.509. The fourth-order valence-corrected chi connectivity index (χ4v) is 1.69. The summed E-state index contributed by atoms with van der Waals surface area (Å²) in [7, 11) is 1.57. The summed E-state index contributed by atoms with van der Waals surface area (Å²) >= 11 is 0. The molecule has 0 saturated heterocycles. The number of anilines is 1. The molecule has 0 aliphatic heterocycles. The molecular formula is C15H14N2O3. The molecule has 0 fully saturated rings. The lowest BCUT2D eigenvalue weighted by molar-refractivity contribution is -0.110. The number of carbonyl (C=O) groups excluding carboxylic acids is 1. The van der Waals surface area contributed by atoms with Gasteiger partial charge >= 0.3 is 0 Å². The summed E-state index contributed by atoms with van der Waals surface area (Å²) in [6.45, 7) is 0. The molecule has 0 saturated carbocycles. The summed E-state index contributed by atoms with van der Waals surface area (Å²) in [6.07, 6.45) is 0. The molecular weight excluding hydrogens is 256 g/mol. The minimum absolute atomic E-state index is 0.0404. The van der Waals surface area contributed by atoms with E-state index in [4.69, 9.17) is 9.94 Å². The second kappa shape index (κ2) is 6.38. The van der Waals surface area contributed by atoms with Crippen LogP contribution in [0.5, 0.6) is 5.75 Å². The van der Waals surface area contributed by atoms with Crippen molar-refractivity contribution in [2.24, 2.45) is 5.16 Å². The molecule has 5 heteroatoms. The zero-order chi connectivity index (χ0) is 14.4. The number of amides is 1.